The molecule has 1 saturated heterocycles. The third-order valence-corrected chi connectivity index (χ3v) is 4.43. The normalized spacial score (nSPS) is 24.6. The first-order chi connectivity index (χ1) is 9.13. The molecule has 106 valence electrons. The van der Waals surface area contributed by atoms with Gasteiger partial charge in [0, 0.05) is 6.61 Å². The van der Waals surface area contributed by atoms with Crippen LogP contribution in [0.3, 0.4) is 0 Å². The van der Waals surface area contributed by atoms with E-state index >= 15 is 0 Å². The second-order valence-corrected chi connectivity index (χ2v) is 6.02. The molecule has 1 aliphatic rings. The van der Waals surface area contributed by atoms with Crippen molar-refractivity contribution < 1.29 is 4.74 Å². The van der Waals surface area contributed by atoms with Gasteiger partial charge in [0.1, 0.15) is 0 Å². The number of hydrogen-bond donors (Lipinski definition) is 1. The molecule has 1 heterocycles. The fourth-order valence-electron chi connectivity index (χ4n) is 2.57. The van der Waals surface area contributed by atoms with Gasteiger partial charge in [-0.3, -0.25) is 0 Å². The van der Waals surface area contributed by atoms with E-state index < -0.39 is 0 Å². The Labute approximate surface area is 125 Å². The number of ether oxygens (including phenoxy) is 1. The summed E-state index contributed by atoms with van der Waals surface area (Å²) in [4.78, 5) is 0. The first-order valence-corrected chi connectivity index (χ1v) is 7.69. The predicted molar refractivity (Wildman–Crippen MR) is 81.0 cm³/mol. The van der Waals surface area contributed by atoms with Crippen molar-refractivity contribution in [3.05, 3.63) is 33.8 Å². The van der Waals surface area contributed by atoms with Crippen molar-refractivity contribution in [3.63, 3.8) is 0 Å². The van der Waals surface area contributed by atoms with E-state index in [1.54, 1.807) is 0 Å². The minimum Gasteiger partial charge on any atom is -0.376 e. The molecule has 1 aliphatic heterocycles. The smallest absolute Gasteiger partial charge is 0.0795 e. The van der Waals surface area contributed by atoms with E-state index in [1.165, 1.54) is 0 Å². The van der Waals surface area contributed by atoms with Crippen LogP contribution in [0, 0.1) is 5.92 Å². The zero-order valence-corrected chi connectivity index (χ0v) is 13.0. The van der Waals surface area contributed by atoms with Crippen LogP contribution in [-0.4, -0.2) is 19.3 Å². The van der Waals surface area contributed by atoms with Crippen molar-refractivity contribution in [1.82, 2.24) is 5.32 Å². The van der Waals surface area contributed by atoms with Crippen LogP contribution >= 0.6 is 23.2 Å². The van der Waals surface area contributed by atoms with Gasteiger partial charge in [0.2, 0.25) is 0 Å². The first kappa shape index (κ1) is 15.1. The summed E-state index contributed by atoms with van der Waals surface area (Å²) in [6.45, 7) is 6.22. The maximum Gasteiger partial charge on any atom is 0.0795 e. The number of benzene rings is 1. The highest BCUT2D eigenvalue weighted by molar-refractivity contribution is 6.42. The van der Waals surface area contributed by atoms with Crippen LogP contribution in [-0.2, 0) is 4.74 Å². The highest BCUT2D eigenvalue weighted by Crippen LogP contribution is 2.33. The van der Waals surface area contributed by atoms with E-state index in [2.05, 4.69) is 19.2 Å². The van der Waals surface area contributed by atoms with Crippen molar-refractivity contribution in [2.24, 2.45) is 5.92 Å². The second kappa shape index (κ2) is 6.94. The van der Waals surface area contributed by atoms with Gasteiger partial charge in [-0.05, 0) is 43.0 Å². The lowest BCUT2D eigenvalue weighted by molar-refractivity contribution is 0.0607. The molecular weight excluding hydrogens is 281 g/mol. The number of rotatable bonds is 5. The fourth-order valence-corrected chi connectivity index (χ4v) is 2.88. The molecule has 4 heteroatoms. The molecule has 2 rings (SSSR count). The highest BCUT2D eigenvalue weighted by atomic mass is 35.5. The van der Waals surface area contributed by atoms with E-state index in [1.807, 2.05) is 18.2 Å². The molecule has 0 spiro atoms. The van der Waals surface area contributed by atoms with Gasteiger partial charge in [0.05, 0.1) is 22.2 Å². The predicted octanol–water partition coefficient (Wildman–Crippen LogP) is 4.46. The van der Waals surface area contributed by atoms with Gasteiger partial charge < -0.3 is 10.1 Å². The molecule has 0 aliphatic carbocycles. The van der Waals surface area contributed by atoms with Gasteiger partial charge in [-0.2, -0.15) is 0 Å². The van der Waals surface area contributed by atoms with Gasteiger partial charge in [0.15, 0.2) is 0 Å². The Hall–Kier alpha value is -0.280. The van der Waals surface area contributed by atoms with Crippen LogP contribution in [0.15, 0.2) is 18.2 Å². The van der Waals surface area contributed by atoms with E-state index in [0.717, 1.165) is 31.6 Å². The summed E-state index contributed by atoms with van der Waals surface area (Å²) in [5, 5.41) is 4.78. The molecule has 1 N–H and O–H groups in total. The van der Waals surface area contributed by atoms with Gasteiger partial charge in [-0.1, -0.05) is 43.1 Å². The summed E-state index contributed by atoms with van der Waals surface area (Å²) in [5.41, 5.74) is 1.15. The van der Waals surface area contributed by atoms with E-state index in [-0.39, 0.29) is 12.1 Å². The number of nitrogens with one attached hydrogen (secondary N) is 1. The molecule has 3 unspecified atom stereocenters. The minimum atomic E-state index is 0.187. The molecule has 0 radical (unpaired) electrons. The second-order valence-electron chi connectivity index (χ2n) is 5.21. The molecule has 1 aromatic carbocycles. The summed E-state index contributed by atoms with van der Waals surface area (Å²) in [6, 6.07) is 6.04. The number of hydrogen-bond acceptors (Lipinski definition) is 2. The third-order valence-electron chi connectivity index (χ3n) is 3.69. The molecule has 0 aromatic heterocycles. The van der Waals surface area contributed by atoms with Crippen molar-refractivity contribution in [3.8, 4) is 0 Å². The molecule has 2 nitrogen and oxygen atoms in total. The molecule has 1 aromatic rings. The summed E-state index contributed by atoms with van der Waals surface area (Å²) in [5.74, 6) is 0.559. The van der Waals surface area contributed by atoms with Crippen LogP contribution in [0.2, 0.25) is 10.0 Å². The van der Waals surface area contributed by atoms with Crippen LogP contribution in [0.4, 0.5) is 0 Å². The molecule has 3 atom stereocenters. The topological polar surface area (TPSA) is 21.3 Å². The third kappa shape index (κ3) is 3.63. The standard InChI is InChI=1S/C15H21Cl2NO/c1-3-7-18-14(15-10(2)6-8-19-15)11-4-5-12(16)13(17)9-11/h4-5,9-10,14-15,18H,3,6-8H2,1-2H3. The maximum absolute atomic E-state index is 6.13. The van der Waals surface area contributed by atoms with Crippen LogP contribution in [0.1, 0.15) is 38.3 Å². The molecular formula is C15H21Cl2NO. The first-order valence-electron chi connectivity index (χ1n) is 6.93. The van der Waals surface area contributed by atoms with Gasteiger partial charge in [-0.25, -0.2) is 0 Å². The van der Waals surface area contributed by atoms with Crippen molar-refractivity contribution in [2.45, 2.75) is 38.8 Å². The Morgan fingerprint density at radius 1 is 1.37 bits per heavy atom. The Morgan fingerprint density at radius 3 is 2.74 bits per heavy atom. The van der Waals surface area contributed by atoms with Crippen LogP contribution < -0.4 is 5.32 Å². The monoisotopic (exact) mass is 301 g/mol. The maximum atomic E-state index is 6.13. The Bertz CT molecular complexity index is 425. The minimum absolute atomic E-state index is 0.187. The van der Waals surface area contributed by atoms with Gasteiger partial charge in [0.25, 0.3) is 0 Å². The van der Waals surface area contributed by atoms with Crippen molar-refractivity contribution in [1.29, 1.82) is 0 Å². The summed E-state index contributed by atoms with van der Waals surface area (Å²) in [6.07, 6.45) is 2.43. The zero-order chi connectivity index (χ0) is 13.8. The molecule has 0 bridgehead atoms. The average molecular weight is 302 g/mol. The highest BCUT2D eigenvalue weighted by Gasteiger charge is 2.32. The molecule has 19 heavy (non-hydrogen) atoms. The lowest BCUT2D eigenvalue weighted by atomic mass is 9.92. The molecule has 0 saturated carbocycles. The lowest BCUT2D eigenvalue weighted by Gasteiger charge is -2.28. The van der Waals surface area contributed by atoms with Crippen LogP contribution in [0.25, 0.3) is 0 Å². The van der Waals surface area contributed by atoms with E-state index in [4.69, 9.17) is 27.9 Å². The summed E-state index contributed by atoms with van der Waals surface area (Å²) < 4.78 is 5.91. The Morgan fingerprint density at radius 2 is 2.16 bits per heavy atom. The van der Waals surface area contributed by atoms with Crippen molar-refractivity contribution in [2.75, 3.05) is 13.2 Å². The van der Waals surface area contributed by atoms with Gasteiger partial charge >= 0.3 is 0 Å². The van der Waals surface area contributed by atoms with Crippen LogP contribution in [0.5, 0.6) is 0 Å². The summed E-state index contributed by atoms with van der Waals surface area (Å²) >= 11 is 12.1. The zero-order valence-electron chi connectivity index (χ0n) is 11.5. The number of halogens is 2. The molecule has 0 amide bonds. The Balaban J connectivity index is 2.22. The largest absolute Gasteiger partial charge is 0.376 e. The lowest BCUT2D eigenvalue weighted by Crippen LogP contribution is -2.35. The average Bonchev–Trinajstić information content (AvgIpc) is 2.80. The van der Waals surface area contributed by atoms with E-state index in [0.29, 0.717) is 16.0 Å². The van der Waals surface area contributed by atoms with E-state index in [9.17, 15) is 0 Å². The summed E-state index contributed by atoms with van der Waals surface area (Å²) in [7, 11) is 0. The molecule has 1 fully saturated rings. The Kier molecular flexibility index (Phi) is 5.52. The quantitative estimate of drug-likeness (QED) is 0.867. The fraction of sp³-hybridized carbons (Fsp3) is 0.600. The SMILES string of the molecule is CCCNC(c1ccc(Cl)c(Cl)c1)C1OCCC1C. The van der Waals surface area contributed by atoms with Gasteiger partial charge in [-0.15, -0.1) is 0 Å². The van der Waals surface area contributed by atoms with Crippen molar-refractivity contribution >= 4 is 23.2 Å².